The number of rotatable bonds is 5. The molecule has 0 saturated heterocycles. The van der Waals surface area contributed by atoms with Crippen molar-refractivity contribution in [3.05, 3.63) is 94.2 Å². The smallest absolute Gasteiger partial charge is 0.125 e. The van der Waals surface area contributed by atoms with Gasteiger partial charge in [-0.15, -0.1) is 11.3 Å². The van der Waals surface area contributed by atoms with E-state index in [4.69, 9.17) is 0 Å². The summed E-state index contributed by atoms with van der Waals surface area (Å²) in [5.74, 6) is 0. The standard InChI is InChI=1S/C21H19IOS/c1-2-21(23,18-14-9-15-24-18)19(16-10-5-3-6-11-16)20(22)17-12-7-4-8-13-17/h3-15,23H,2H2,1H3/b20-19-. The molecule has 3 heteroatoms. The molecule has 0 bridgehead atoms. The molecule has 1 atom stereocenters. The molecule has 0 aliphatic heterocycles. The predicted molar refractivity (Wildman–Crippen MR) is 112 cm³/mol. The van der Waals surface area contributed by atoms with Gasteiger partial charge in [0.1, 0.15) is 5.60 Å². The highest BCUT2D eigenvalue weighted by atomic mass is 127. The second-order valence-corrected chi connectivity index (χ2v) is 7.64. The summed E-state index contributed by atoms with van der Waals surface area (Å²) in [4.78, 5) is 0.981. The molecule has 3 aromatic rings. The Labute approximate surface area is 160 Å². The number of halogens is 1. The van der Waals surface area contributed by atoms with E-state index in [-0.39, 0.29) is 0 Å². The van der Waals surface area contributed by atoms with E-state index in [1.807, 2.05) is 60.8 Å². The van der Waals surface area contributed by atoms with Crippen LogP contribution in [0.2, 0.25) is 0 Å². The van der Waals surface area contributed by atoms with Gasteiger partial charge in [0.25, 0.3) is 0 Å². The lowest BCUT2D eigenvalue weighted by Gasteiger charge is -2.31. The van der Waals surface area contributed by atoms with Gasteiger partial charge in [0, 0.05) is 14.0 Å². The van der Waals surface area contributed by atoms with E-state index in [9.17, 15) is 5.11 Å². The molecule has 1 heterocycles. The normalized spacial score (nSPS) is 14.8. The summed E-state index contributed by atoms with van der Waals surface area (Å²) in [5, 5.41) is 13.7. The maximum atomic E-state index is 11.7. The van der Waals surface area contributed by atoms with E-state index in [1.165, 1.54) is 0 Å². The molecule has 2 aromatic carbocycles. The molecule has 0 spiro atoms. The van der Waals surface area contributed by atoms with Crippen molar-refractivity contribution in [2.45, 2.75) is 18.9 Å². The van der Waals surface area contributed by atoms with Crippen LogP contribution in [0, 0.1) is 0 Å². The molecule has 1 nitrogen and oxygen atoms in total. The van der Waals surface area contributed by atoms with Crippen LogP contribution in [0.3, 0.4) is 0 Å². The number of benzene rings is 2. The van der Waals surface area contributed by atoms with Crippen LogP contribution in [-0.2, 0) is 5.60 Å². The average molecular weight is 446 g/mol. The van der Waals surface area contributed by atoms with E-state index >= 15 is 0 Å². The minimum absolute atomic E-state index is 0.622. The molecule has 1 unspecified atom stereocenters. The summed E-state index contributed by atoms with van der Waals surface area (Å²) in [6.45, 7) is 2.04. The summed E-state index contributed by atoms with van der Waals surface area (Å²) in [6.07, 6.45) is 0.622. The molecule has 0 saturated carbocycles. The Hall–Kier alpha value is -1.43. The van der Waals surface area contributed by atoms with Crippen LogP contribution in [-0.4, -0.2) is 5.11 Å². The molecule has 24 heavy (non-hydrogen) atoms. The molecule has 0 aliphatic rings. The van der Waals surface area contributed by atoms with Gasteiger partial charge in [-0.3, -0.25) is 0 Å². The lowest BCUT2D eigenvalue weighted by atomic mass is 9.83. The first kappa shape index (κ1) is 17.4. The van der Waals surface area contributed by atoms with Gasteiger partial charge in [-0.1, -0.05) is 73.7 Å². The number of hydrogen-bond donors (Lipinski definition) is 1. The molecular weight excluding hydrogens is 427 g/mol. The first-order chi connectivity index (χ1) is 11.7. The van der Waals surface area contributed by atoms with Crippen LogP contribution in [0.5, 0.6) is 0 Å². The zero-order chi connectivity index (χ0) is 17.0. The van der Waals surface area contributed by atoms with Gasteiger partial charge in [0.15, 0.2) is 0 Å². The van der Waals surface area contributed by atoms with Gasteiger partial charge in [-0.25, -0.2) is 0 Å². The van der Waals surface area contributed by atoms with E-state index in [1.54, 1.807) is 11.3 Å². The van der Waals surface area contributed by atoms with Gasteiger partial charge in [0.2, 0.25) is 0 Å². The largest absolute Gasteiger partial charge is 0.379 e. The summed E-state index contributed by atoms with van der Waals surface area (Å²) >= 11 is 3.97. The lowest BCUT2D eigenvalue weighted by molar-refractivity contribution is 0.101. The fourth-order valence-electron chi connectivity index (χ4n) is 2.87. The topological polar surface area (TPSA) is 20.2 Å². The van der Waals surface area contributed by atoms with E-state index < -0.39 is 5.60 Å². The van der Waals surface area contributed by atoms with E-state index in [2.05, 4.69) is 46.9 Å². The lowest BCUT2D eigenvalue weighted by Crippen LogP contribution is -2.26. The molecule has 122 valence electrons. The molecule has 3 rings (SSSR count). The van der Waals surface area contributed by atoms with Crippen LogP contribution in [0.1, 0.15) is 29.3 Å². The molecule has 0 amide bonds. The number of thiophene rings is 1. The van der Waals surface area contributed by atoms with Crippen molar-refractivity contribution in [2.24, 2.45) is 0 Å². The Morgan fingerprint density at radius 3 is 2.00 bits per heavy atom. The van der Waals surface area contributed by atoms with E-state index in [0.717, 1.165) is 25.2 Å². The van der Waals surface area contributed by atoms with Crippen molar-refractivity contribution in [3.63, 3.8) is 0 Å². The van der Waals surface area contributed by atoms with Crippen LogP contribution < -0.4 is 0 Å². The quantitative estimate of drug-likeness (QED) is 0.358. The third-order valence-electron chi connectivity index (χ3n) is 4.16. The molecule has 1 N–H and O–H groups in total. The van der Waals surface area contributed by atoms with Crippen LogP contribution in [0.4, 0.5) is 0 Å². The van der Waals surface area contributed by atoms with Crippen LogP contribution in [0.15, 0.2) is 78.2 Å². The van der Waals surface area contributed by atoms with Crippen molar-refractivity contribution in [2.75, 3.05) is 0 Å². The monoisotopic (exact) mass is 446 g/mol. The molecular formula is C21H19IOS. The first-order valence-electron chi connectivity index (χ1n) is 7.94. The Morgan fingerprint density at radius 1 is 0.917 bits per heavy atom. The zero-order valence-corrected chi connectivity index (χ0v) is 16.4. The average Bonchev–Trinajstić information content (AvgIpc) is 3.18. The zero-order valence-electron chi connectivity index (χ0n) is 13.4. The Bertz CT molecular complexity index is 810. The predicted octanol–water partition coefficient (Wildman–Crippen LogP) is 6.35. The van der Waals surface area contributed by atoms with Crippen molar-refractivity contribution < 1.29 is 5.11 Å². The second-order valence-electron chi connectivity index (χ2n) is 5.61. The van der Waals surface area contributed by atoms with Crippen LogP contribution in [0.25, 0.3) is 9.15 Å². The Morgan fingerprint density at radius 2 is 1.50 bits per heavy atom. The Balaban J connectivity index is 2.27. The minimum Gasteiger partial charge on any atom is -0.379 e. The molecule has 1 aromatic heterocycles. The summed E-state index contributed by atoms with van der Waals surface area (Å²) < 4.78 is 1.08. The van der Waals surface area contributed by atoms with Crippen molar-refractivity contribution in [1.29, 1.82) is 0 Å². The third-order valence-corrected chi connectivity index (χ3v) is 6.35. The van der Waals surface area contributed by atoms with E-state index in [0.29, 0.717) is 6.42 Å². The fourth-order valence-corrected chi connectivity index (χ4v) is 4.89. The van der Waals surface area contributed by atoms with Gasteiger partial charge < -0.3 is 5.11 Å². The summed E-state index contributed by atoms with van der Waals surface area (Å²) in [6, 6.07) is 24.5. The van der Waals surface area contributed by atoms with Crippen molar-refractivity contribution in [3.8, 4) is 0 Å². The number of aliphatic hydroxyl groups is 1. The fraction of sp³-hybridized carbons (Fsp3) is 0.143. The second kappa shape index (κ2) is 7.64. The Kier molecular flexibility index (Phi) is 5.54. The van der Waals surface area contributed by atoms with Gasteiger partial charge in [-0.2, -0.15) is 0 Å². The third kappa shape index (κ3) is 3.34. The minimum atomic E-state index is -0.998. The molecule has 0 aliphatic carbocycles. The summed E-state index contributed by atoms with van der Waals surface area (Å²) in [7, 11) is 0. The highest BCUT2D eigenvalue weighted by Gasteiger charge is 2.35. The van der Waals surface area contributed by atoms with Crippen molar-refractivity contribution >= 4 is 43.1 Å². The maximum absolute atomic E-state index is 11.7. The molecule has 0 radical (unpaired) electrons. The van der Waals surface area contributed by atoms with Gasteiger partial charge in [-0.05, 0) is 51.6 Å². The first-order valence-corrected chi connectivity index (χ1v) is 9.90. The van der Waals surface area contributed by atoms with Gasteiger partial charge >= 0.3 is 0 Å². The van der Waals surface area contributed by atoms with Gasteiger partial charge in [0.05, 0.1) is 0 Å². The van der Waals surface area contributed by atoms with Crippen LogP contribution >= 0.6 is 33.9 Å². The van der Waals surface area contributed by atoms with Crippen molar-refractivity contribution in [1.82, 2.24) is 0 Å². The SMILES string of the molecule is CCC(O)(/C(=C(\I)c1ccccc1)c1ccccc1)c1cccs1. The highest BCUT2D eigenvalue weighted by Crippen LogP contribution is 2.46. The maximum Gasteiger partial charge on any atom is 0.125 e. The molecule has 0 fully saturated rings. The summed E-state index contributed by atoms with van der Waals surface area (Å²) in [5.41, 5.74) is 2.16. The highest BCUT2D eigenvalue weighted by molar-refractivity contribution is 14.1. The number of hydrogen-bond acceptors (Lipinski definition) is 2.